The number of carbonyl (C=O) groups is 2. The van der Waals surface area contributed by atoms with E-state index in [1.54, 1.807) is 0 Å². The smallest absolute Gasteiger partial charge is 0.410 e. The summed E-state index contributed by atoms with van der Waals surface area (Å²) in [6, 6.07) is 8.43. The van der Waals surface area contributed by atoms with E-state index in [9.17, 15) is 14.0 Å². The van der Waals surface area contributed by atoms with Crippen LogP contribution < -0.4 is 0 Å². The number of piperidine rings is 1. The average Bonchev–Trinajstić information content (AvgIpc) is 2.59. The van der Waals surface area contributed by atoms with Crippen LogP contribution in [0.5, 0.6) is 0 Å². The van der Waals surface area contributed by atoms with Gasteiger partial charge in [0.05, 0.1) is 19.1 Å². The van der Waals surface area contributed by atoms with Gasteiger partial charge >= 0.3 is 12.1 Å². The lowest BCUT2D eigenvalue weighted by Crippen LogP contribution is -2.52. The van der Waals surface area contributed by atoms with Gasteiger partial charge in [-0.05, 0) is 18.4 Å². The highest BCUT2D eigenvalue weighted by Crippen LogP contribution is 2.26. The molecule has 1 aromatic carbocycles. The molecule has 0 spiro atoms. The Morgan fingerprint density at radius 3 is 2.68 bits per heavy atom. The Kier molecular flexibility index (Phi) is 5.75. The van der Waals surface area contributed by atoms with Gasteiger partial charge in [-0.1, -0.05) is 30.3 Å². The Bertz CT molecular complexity index is 508. The van der Waals surface area contributed by atoms with E-state index in [0.29, 0.717) is 19.4 Å². The average molecular weight is 309 g/mol. The van der Waals surface area contributed by atoms with E-state index < -0.39 is 30.7 Å². The van der Waals surface area contributed by atoms with E-state index in [0.717, 1.165) is 5.56 Å². The molecule has 2 unspecified atom stereocenters. The number of alkyl halides is 1. The normalized spacial score (nSPS) is 21.3. The molecule has 0 saturated carbocycles. The highest BCUT2D eigenvalue weighted by molar-refractivity contribution is 5.75. The second-order valence-electron chi connectivity index (χ2n) is 5.23. The number of rotatable bonds is 4. The van der Waals surface area contributed by atoms with E-state index in [4.69, 9.17) is 9.47 Å². The number of carbonyl (C=O) groups excluding carboxylic acids is 2. The highest BCUT2D eigenvalue weighted by Gasteiger charge is 2.39. The van der Waals surface area contributed by atoms with Crippen molar-refractivity contribution in [3.05, 3.63) is 35.9 Å². The van der Waals surface area contributed by atoms with E-state index in [-0.39, 0.29) is 6.61 Å². The Balaban J connectivity index is 1.99. The van der Waals surface area contributed by atoms with Crippen molar-refractivity contribution in [2.24, 2.45) is 5.92 Å². The first-order chi connectivity index (χ1) is 10.7. The van der Waals surface area contributed by atoms with Crippen LogP contribution >= 0.6 is 0 Å². The summed E-state index contributed by atoms with van der Waals surface area (Å²) >= 11 is 0. The number of ether oxygens (including phenoxy) is 2. The molecule has 2 rings (SSSR count). The van der Waals surface area contributed by atoms with Gasteiger partial charge in [-0.25, -0.2) is 9.18 Å². The molecule has 1 aliphatic rings. The number of likely N-dealkylation sites (tertiary alicyclic amines) is 1. The number of amides is 1. The summed E-state index contributed by atoms with van der Waals surface area (Å²) in [6.07, 6.45) is 0.542. The van der Waals surface area contributed by atoms with Crippen LogP contribution in [-0.4, -0.2) is 43.3 Å². The maximum Gasteiger partial charge on any atom is 0.410 e. The van der Waals surface area contributed by atoms with E-state index in [1.807, 2.05) is 30.3 Å². The lowest BCUT2D eigenvalue weighted by Gasteiger charge is -2.37. The molecule has 0 aromatic heterocycles. The van der Waals surface area contributed by atoms with Gasteiger partial charge in [0.2, 0.25) is 0 Å². The molecular weight excluding hydrogens is 289 g/mol. The molecule has 1 amide bonds. The van der Waals surface area contributed by atoms with Gasteiger partial charge < -0.3 is 14.4 Å². The van der Waals surface area contributed by atoms with Crippen molar-refractivity contribution in [1.82, 2.24) is 4.90 Å². The molecule has 2 atom stereocenters. The van der Waals surface area contributed by atoms with Gasteiger partial charge in [0.1, 0.15) is 13.3 Å². The fourth-order valence-corrected chi connectivity index (χ4v) is 2.70. The summed E-state index contributed by atoms with van der Waals surface area (Å²) in [7, 11) is 1.27. The van der Waals surface area contributed by atoms with Crippen LogP contribution in [0.3, 0.4) is 0 Å². The summed E-state index contributed by atoms with van der Waals surface area (Å²) in [5.41, 5.74) is 0.856. The van der Waals surface area contributed by atoms with Crippen molar-refractivity contribution in [3.8, 4) is 0 Å². The molecule has 120 valence electrons. The van der Waals surface area contributed by atoms with Crippen molar-refractivity contribution in [2.75, 3.05) is 20.3 Å². The van der Waals surface area contributed by atoms with E-state index in [1.165, 1.54) is 12.0 Å². The first-order valence-electron chi connectivity index (χ1n) is 7.28. The van der Waals surface area contributed by atoms with Gasteiger partial charge in [-0.3, -0.25) is 4.79 Å². The lowest BCUT2D eigenvalue weighted by molar-refractivity contribution is -0.149. The summed E-state index contributed by atoms with van der Waals surface area (Å²) in [4.78, 5) is 25.2. The summed E-state index contributed by atoms with van der Waals surface area (Å²) in [6.45, 7) is -0.284. The van der Waals surface area contributed by atoms with Crippen molar-refractivity contribution in [3.63, 3.8) is 0 Å². The van der Waals surface area contributed by atoms with E-state index in [2.05, 4.69) is 0 Å². The molecule has 0 N–H and O–H groups in total. The van der Waals surface area contributed by atoms with Crippen LogP contribution in [0.25, 0.3) is 0 Å². The number of halogens is 1. The number of methoxy groups -OCH3 is 1. The van der Waals surface area contributed by atoms with Crippen LogP contribution in [0, 0.1) is 5.92 Å². The number of nitrogens with zero attached hydrogens (tertiary/aromatic N) is 1. The van der Waals surface area contributed by atoms with Crippen molar-refractivity contribution >= 4 is 12.1 Å². The second kappa shape index (κ2) is 7.77. The van der Waals surface area contributed by atoms with Crippen LogP contribution in [0.2, 0.25) is 0 Å². The highest BCUT2D eigenvalue weighted by atomic mass is 19.1. The maximum atomic E-state index is 13.3. The Morgan fingerprint density at radius 2 is 2.05 bits per heavy atom. The van der Waals surface area contributed by atoms with Crippen LogP contribution in [-0.2, 0) is 20.9 Å². The Hall–Kier alpha value is -2.11. The monoisotopic (exact) mass is 309 g/mol. The fraction of sp³-hybridized carbons (Fsp3) is 0.500. The topological polar surface area (TPSA) is 55.8 Å². The van der Waals surface area contributed by atoms with Gasteiger partial charge in [-0.15, -0.1) is 0 Å². The van der Waals surface area contributed by atoms with Crippen molar-refractivity contribution < 1.29 is 23.5 Å². The largest absolute Gasteiger partial charge is 0.469 e. The van der Waals surface area contributed by atoms with Gasteiger partial charge in [0.25, 0.3) is 0 Å². The third kappa shape index (κ3) is 3.75. The Morgan fingerprint density at radius 1 is 1.32 bits per heavy atom. The predicted molar refractivity (Wildman–Crippen MR) is 77.8 cm³/mol. The van der Waals surface area contributed by atoms with E-state index >= 15 is 0 Å². The predicted octanol–water partition coefficient (Wildman–Crippen LogP) is 2.55. The lowest BCUT2D eigenvalue weighted by atomic mass is 9.90. The third-order valence-corrected chi connectivity index (χ3v) is 3.88. The van der Waals surface area contributed by atoms with Crippen molar-refractivity contribution in [2.45, 2.75) is 25.5 Å². The first kappa shape index (κ1) is 16.3. The molecule has 1 aliphatic heterocycles. The molecule has 0 aliphatic carbocycles. The van der Waals surface area contributed by atoms with Crippen LogP contribution in [0.1, 0.15) is 18.4 Å². The summed E-state index contributed by atoms with van der Waals surface area (Å²) in [5, 5.41) is 0. The molecule has 1 heterocycles. The SMILES string of the molecule is COC(=O)C1CCCN(C(=O)OCc2ccccc2)C1CF. The number of benzene rings is 1. The zero-order valence-electron chi connectivity index (χ0n) is 12.5. The first-order valence-corrected chi connectivity index (χ1v) is 7.28. The third-order valence-electron chi connectivity index (χ3n) is 3.88. The zero-order valence-corrected chi connectivity index (χ0v) is 12.5. The van der Waals surface area contributed by atoms with Gasteiger partial charge in [0.15, 0.2) is 0 Å². The minimum atomic E-state index is -0.815. The van der Waals surface area contributed by atoms with Gasteiger partial charge in [0, 0.05) is 6.54 Å². The molecule has 1 aromatic rings. The summed E-state index contributed by atoms with van der Waals surface area (Å²) < 4.78 is 23.3. The maximum absolute atomic E-state index is 13.3. The van der Waals surface area contributed by atoms with Gasteiger partial charge in [-0.2, -0.15) is 0 Å². The molecule has 6 heteroatoms. The molecular formula is C16H20FNO4. The molecule has 0 radical (unpaired) electrons. The molecule has 5 nitrogen and oxygen atoms in total. The molecule has 1 fully saturated rings. The second-order valence-corrected chi connectivity index (χ2v) is 5.23. The molecule has 0 bridgehead atoms. The van der Waals surface area contributed by atoms with Crippen LogP contribution in [0.4, 0.5) is 9.18 Å². The Labute approximate surface area is 129 Å². The fourth-order valence-electron chi connectivity index (χ4n) is 2.70. The standard InChI is InChI=1S/C16H20FNO4/c1-21-15(19)13-8-5-9-18(14(13)10-17)16(20)22-11-12-6-3-2-4-7-12/h2-4,6-7,13-14H,5,8-11H2,1H3. The number of esters is 1. The summed E-state index contributed by atoms with van der Waals surface area (Å²) in [5.74, 6) is -1.11. The quantitative estimate of drug-likeness (QED) is 0.802. The minimum absolute atomic E-state index is 0.123. The van der Waals surface area contributed by atoms with Crippen LogP contribution in [0.15, 0.2) is 30.3 Å². The molecule has 1 saturated heterocycles. The zero-order chi connectivity index (χ0) is 15.9. The number of hydrogen-bond acceptors (Lipinski definition) is 4. The minimum Gasteiger partial charge on any atom is -0.469 e. The number of hydrogen-bond donors (Lipinski definition) is 0. The van der Waals surface area contributed by atoms with Crippen molar-refractivity contribution in [1.29, 1.82) is 0 Å². The molecule has 22 heavy (non-hydrogen) atoms.